The van der Waals surface area contributed by atoms with Crippen LogP contribution in [-0.4, -0.2) is 87.4 Å². The highest BCUT2D eigenvalue weighted by Crippen LogP contribution is 2.33. The van der Waals surface area contributed by atoms with Crippen LogP contribution in [0.15, 0.2) is 48.2 Å². The molecule has 0 radical (unpaired) electrons. The van der Waals surface area contributed by atoms with Crippen LogP contribution in [0, 0.1) is 0 Å². The smallest absolute Gasteiger partial charge is 0.158 e. The number of likely N-dealkylation sites (N-methyl/N-ethyl adjacent to an activating group) is 2. The zero-order valence-corrected chi connectivity index (χ0v) is 19.4. The van der Waals surface area contributed by atoms with Gasteiger partial charge in [-0.15, -0.1) is 0 Å². The lowest BCUT2D eigenvalue weighted by Gasteiger charge is -2.57. The van der Waals surface area contributed by atoms with Crippen molar-refractivity contribution in [2.45, 2.75) is 65.3 Å². The molecule has 0 bridgehead atoms. The largest absolute Gasteiger partial charge is 0.375 e. The molecule has 0 spiro atoms. The van der Waals surface area contributed by atoms with E-state index in [0.29, 0.717) is 12.4 Å². The molecule has 2 heterocycles. The fraction of sp³-hybridized carbons (Fsp3) is 0.625. The number of aliphatic hydroxyl groups is 2. The normalized spacial score (nSPS) is 27.2. The average molecular weight is 430 g/mol. The number of aromatic nitrogens is 1. The van der Waals surface area contributed by atoms with Gasteiger partial charge in [0.15, 0.2) is 6.23 Å². The molecule has 2 N–H and O–H groups in total. The minimum absolute atomic E-state index is 0.342. The van der Waals surface area contributed by atoms with Crippen molar-refractivity contribution in [2.24, 2.45) is 0 Å². The summed E-state index contributed by atoms with van der Waals surface area (Å²) in [7, 11) is 0. The zero-order chi connectivity index (χ0) is 22.4. The van der Waals surface area contributed by atoms with Crippen molar-refractivity contribution in [3.8, 4) is 0 Å². The van der Waals surface area contributed by atoms with E-state index >= 15 is 0 Å². The van der Waals surface area contributed by atoms with Crippen molar-refractivity contribution in [1.82, 2.24) is 19.7 Å². The SMILES string of the molecule is CCN(CC)C1C(O)N(c2ccccn2)C(N(CC)CC)C(O)N1CC1=CC=CCC1. The highest BCUT2D eigenvalue weighted by Gasteiger charge is 2.50. The minimum atomic E-state index is -0.830. The summed E-state index contributed by atoms with van der Waals surface area (Å²) < 4.78 is 0. The highest BCUT2D eigenvalue weighted by atomic mass is 16.3. The molecule has 0 aromatic carbocycles. The second-order valence-electron chi connectivity index (χ2n) is 8.16. The summed E-state index contributed by atoms with van der Waals surface area (Å²) in [5, 5.41) is 23.6. The summed E-state index contributed by atoms with van der Waals surface area (Å²) in [5.74, 6) is 0.683. The number of piperazine rings is 1. The quantitative estimate of drug-likeness (QED) is 0.625. The Kier molecular flexibility index (Phi) is 8.63. The van der Waals surface area contributed by atoms with Gasteiger partial charge >= 0.3 is 0 Å². The molecule has 4 unspecified atom stereocenters. The molecular formula is C24H39N5O2. The number of allylic oxidation sites excluding steroid dienone is 3. The van der Waals surface area contributed by atoms with Crippen LogP contribution in [0.3, 0.4) is 0 Å². The van der Waals surface area contributed by atoms with Gasteiger partial charge in [-0.05, 0) is 51.2 Å². The van der Waals surface area contributed by atoms with E-state index in [1.807, 2.05) is 23.1 Å². The minimum Gasteiger partial charge on any atom is -0.375 e. The number of anilines is 1. The molecule has 0 amide bonds. The van der Waals surface area contributed by atoms with Gasteiger partial charge in [0.05, 0.1) is 0 Å². The maximum atomic E-state index is 11.8. The molecule has 2 aliphatic rings. The standard InChI is InChI=1S/C24H39N5O2/c1-5-26(6-2)21-24(31)29(20-16-12-13-17-25-20)22(27(7-3)8-4)23(30)28(21)18-19-14-10-9-11-15-19/h9-10,12-14,16-17,21-24,30-31H,5-8,11,15,18H2,1-4H3. The van der Waals surface area contributed by atoms with Gasteiger partial charge in [-0.1, -0.05) is 57.6 Å². The summed E-state index contributed by atoms with van der Waals surface area (Å²) in [6.45, 7) is 12.1. The number of pyridine rings is 1. The molecule has 1 aromatic rings. The van der Waals surface area contributed by atoms with Crippen molar-refractivity contribution in [2.75, 3.05) is 37.6 Å². The monoisotopic (exact) mass is 429 g/mol. The summed E-state index contributed by atoms with van der Waals surface area (Å²) in [5.41, 5.74) is 1.29. The second kappa shape index (κ2) is 11.2. The van der Waals surface area contributed by atoms with E-state index in [1.54, 1.807) is 6.20 Å². The Bertz CT molecular complexity index is 733. The van der Waals surface area contributed by atoms with Crippen molar-refractivity contribution in [3.05, 3.63) is 48.2 Å². The van der Waals surface area contributed by atoms with E-state index in [2.05, 4.69) is 65.6 Å². The Hall–Kier alpha value is -1.77. The van der Waals surface area contributed by atoms with E-state index < -0.39 is 18.6 Å². The summed E-state index contributed by atoms with van der Waals surface area (Å²) >= 11 is 0. The maximum absolute atomic E-state index is 11.8. The zero-order valence-electron chi connectivity index (χ0n) is 19.4. The van der Waals surface area contributed by atoms with Crippen molar-refractivity contribution >= 4 is 5.82 Å². The van der Waals surface area contributed by atoms with Crippen LogP contribution in [0.4, 0.5) is 5.82 Å². The lowest BCUT2D eigenvalue weighted by Crippen LogP contribution is -2.76. The Morgan fingerprint density at radius 1 is 0.968 bits per heavy atom. The van der Waals surface area contributed by atoms with Gasteiger partial charge in [0.25, 0.3) is 0 Å². The van der Waals surface area contributed by atoms with Gasteiger partial charge in [0.1, 0.15) is 24.4 Å². The molecule has 7 nitrogen and oxygen atoms in total. The fourth-order valence-corrected chi connectivity index (χ4v) is 4.88. The molecule has 1 aliphatic heterocycles. The molecule has 1 aliphatic carbocycles. The predicted molar refractivity (Wildman–Crippen MR) is 125 cm³/mol. The lowest BCUT2D eigenvalue weighted by molar-refractivity contribution is -0.179. The first-order valence-electron chi connectivity index (χ1n) is 11.7. The maximum Gasteiger partial charge on any atom is 0.158 e. The third-order valence-corrected chi connectivity index (χ3v) is 6.56. The molecule has 4 atom stereocenters. The van der Waals surface area contributed by atoms with Crippen molar-refractivity contribution < 1.29 is 10.2 Å². The topological polar surface area (TPSA) is 66.3 Å². The second-order valence-corrected chi connectivity index (χ2v) is 8.16. The van der Waals surface area contributed by atoms with Crippen molar-refractivity contribution in [1.29, 1.82) is 0 Å². The van der Waals surface area contributed by atoms with Crippen LogP contribution < -0.4 is 4.90 Å². The molecular weight excluding hydrogens is 390 g/mol. The molecule has 172 valence electrons. The Morgan fingerprint density at radius 2 is 1.65 bits per heavy atom. The first-order valence-corrected chi connectivity index (χ1v) is 11.7. The molecule has 7 heteroatoms. The third kappa shape index (κ3) is 5.02. The average Bonchev–Trinajstić information content (AvgIpc) is 2.81. The number of aliphatic hydroxyl groups excluding tert-OH is 2. The van der Waals surface area contributed by atoms with Gasteiger partial charge < -0.3 is 15.1 Å². The third-order valence-electron chi connectivity index (χ3n) is 6.56. The van der Waals surface area contributed by atoms with Crippen LogP contribution in [0.2, 0.25) is 0 Å². The van der Waals surface area contributed by atoms with Crippen LogP contribution in [-0.2, 0) is 0 Å². The summed E-state index contributed by atoms with van der Waals surface area (Å²) in [6, 6.07) is 5.72. The molecule has 1 aromatic heterocycles. The van der Waals surface area contributed by atoms with E-state index in [4.69, 9.17) is 0 Å². The van der Waals surface area contributed by atoms with Crippen LogP contribution in [0.1, 0.15) is 40.5 Å². The van der Waals surface area contributed by atoms with Gasteiger partial charge in [0.2, 0.25) is 0 Å². The molecule has 0 saturated carbocycles. The first-order chi connectivity index (χ1) is 15.1. The Labute approximate surface area is 187 Å². The highest BCUT2D eigenvalue weighted by molar-refractivity contribution is 5.42. The number of hydrogen-bond acceptors (Lipinski definition) is 7. The Balaban J connectivity index is 2.07. The number of nitrogens with zero attached hydrogens (tertiary/aromatic N) is 5. The van der Waals surface area contributed by atoms with Gasteiger partial charge in [-0.2, -0.15) is 0 Å². The fourth-order valence-electron chi connectivity index (χ4n) is 4.88. The Morgan fingerprint density at radius 3 is 2.19 bits per heavy atom. The molecule has 1 fully saturated rings. The number of hydrogen-bond donors (Lipinski definition) is 2. The van der Waals surface area contributed by atoms with Gasteiger partial charge in [-0.3, -0.25) is 14.7 Å². The van der Waals surface area contributed by atoms with Crippen LogP contribution in [0.5, 0.6) is 0 Å². The predicted octanol–water partition coefficient (Wildman–Crippen LogP) is 2.45. The van der Waals surface area contributed by atoms with Crippen LogP contribution in [0.25, 0.3) is 0 Å². The van der Waals surface area contributed by atoms with E-state index in [-0.39, 0.29) is 6.17 Å². The van der Waals surface area contributed by atoms with Gasteiger partial charge in [0, 0.05) is 12.7 Å². The molecule has 31 heavy (non-hydrogen) atoms. The first kappa shape index (κ1) is 23.9. The summed E-state index contributed by atoms with van der Waals surface area (Å²) in [4.78, 5) is 13.0. The van der Waals surface area contributed by atoms with Crippen LogP contribution >= 0.6 is 0 Å². The van der Waals surface area contributed by atoms with Gasteiger partial charge in [-0.25, -0.2) is 4.98 Å². The number of rotatable bonds is 9. The molecule has 3 rings (SSSR count). The van der Waals surface area contributed by atoms with E-state index in [9.17, 15) is 10.2 Å². The van der Waals surface area contributed by atoms with Crippen molar-refractivity contribution in [3.63, 3.8) is 0 Å². The van der Waals surface area contributed by atoms with E-state index in [0.717, 1.165) is 39.0 Å². The molecule has 1 saturated heterocycles. The lowest BCUT2D eigenvalue weighted by atomic mass is 10.0. The summed E-state index contributed by atoms with van der Waals surface area (Å²) in [6.07, 6.45) is 7.83. The van der Waals surface area contributed by atoms with E-state index in [1.165, 1.54) is 5.57 Å².